The summed E-state index contributed by atoms with van der Waals surface area (Å²) in [6.45, 7) is 2.08. The minimum absolute atomic E-state index is 0.712. The minimum Gasteiger partial charge on any atom is -0.120 e. The average Bonchev–Trinajstić information content (AvgIpc) is 2.01. The van der Waals surface area contributed by atoms with Crippen LogP contribution in [0.5, 0.6) is 0 Å². The standard InChI is InChI=1S/C11H11/c1-3-4-7-11-8-5-6-10(2)9-11/h1,5-9H,4H2,2H3. The molecule has 0 saturated carbocycles. The van der Waals surface area contributed by atoms with Crippen molar-refractivity contribution < 1.29 is 0 Å². The van der Waals surface area contributed by atoms with E-state index in [0.29, 0.717) is 6.42 Å². The largest absolute Gasteiger partial charge is 0.120 e. The lowest BCUT2D eigenvalue weighted by Gasteiger charge is -1.97. The molecule has 0 aliphatic rings. The third-order valence-electron chi connectivity index (χ3n) is 1.50. The molecule has 11 heavy (non-hydrogen) atoms. The van der Waals surface area contributed by atoms with E-state index in [0.717, 1.165) is 0 Å². The third-order valence-corrected chi connectivity index (χ3v) is 1.50. The monoisotopic (exact) mass is 143 g/mol. The van der Waals surface area contributed by atoms with Crippen LogP contribution in [0.3, 0.4) is 0 Å². The molecular formula is C11H11. The molecule has 0 nitrogen and oxygen atoms in total. The Labute approximate surface area is 68.3 Å². The van der Waals surface area contributed by atoms with Gasteiger partial charge in [0.15, 0.2) is 0 Å². The summed E-state index contributed by atoms with van der Waals surface area (Å²) < 4.78 is 0. The van der Waals surface area contributed by atoms with E-state index in [1.807, 2.05) is 12.5 Å². The SMILES string of the molecule is C#CC[CH]c1cccc(C)c1. The first-order valence-corrected chi connectivity index (χ1v) is 3.66. The van der Waals surface area contributed by atoms with Gasteiger partial charge in [0, 0.05) is 12.8 Å². The minimum atomic E-state index is 0.712. The molecular weight excluding hydrogens is 132 g/mol. The molecule has 0 aromatic heterocycles. The van der Waals surface area contributed by atoms with Crippen molar-refractivity contribution in [3.8, 4) is 12.3 Å². The van der Waals surface area contributed by atoms with Gasteiger partial charge in [-0.2, -0.15) is 0 Å². The van der Waals surface area contributed by atoms with Crippen molar-refractivity contribution >= 4 is 0 Å². The Bertz CT molecular complexity index is 266. The molecule has 0 heteroatoms. The molecule has 0 unspecified atom stereocenters. The fourth-order valence-electron chi connectivity index (χ4n) is 0.974. The molecule has 0 N–H and O–H groups in total. The highest BCUT2D eigenvalue weighted by atomic mass is 13.9. The molecule has 0 bridgehead atoms. The van der Waals surface area contributed by atoms with E-state index >= 15 is 0 Å². The van der Waals surface area contributed by atoms with E-state index in [1.54, 1.807) is 0 Å². The van der Waals surface area contributed by atoms with Crippen molar-refractivity contribution in [2.45, 2.75) is 13.3 Å². The Balaban J connectivity index is 2.65. The molecule has 1 aromatic rings. The molecule has 0 heterocycles. The summed E-state index contributed by atoms with van der Waals surface area (Å²) in [7, 11) is 0. The number of aryl methyl sites for hydroxylation is 1. The zero-order chi connectivity index (χ0) is 8.10. The topological polar surface area (TPSA) is 0 Å². The quantitative estimate of drug-likeness (QED) is 0.558. The maximum atomic E-state index is 5.13. The van der Waals surface area contributed by atoms with Gasteiger partial charge in [-0.05, 0) is 12.5 Å². The van der Waals surface area contributed by atoms with Gasteiger partial charge < -0.3 is 0 Å². The number of hydrogen-bond donors (Lipinski definition) is 0. The van der Waals surface area contributed by atoms with Crippen LogP contribution in [0.4, 0.5) is 0 Å². The third kappa shape index (κ3) is 2.47. The number of terminal acetylenes is 1. The van der Waals surface area contributed by atoms with Crippen molar-refractivity contribution in [3.63, 3.8) is 0 Å². The van der Waals surface area contributed by atoms with Gasteiger partial charge in [0.1, 0.15) is 0 Å². The first-order valence-electron chi connectivity index (χ1n) is 3.66. The zero-order valence-electron chi connectivity index (χ0n) is 6.67. The highest BCUT2D eigenvalue weighted by Gasteiger charge is 1.90. The number of rotatable bonds is 2. The van der Waals surface area contributed by atoms with E-state index in [1.165, 1.54) is 11.1 Å². The molecule has 0 aliphatic heterocycles. The van der Waals surface area contributed by atoms with Gasteiger partial charge in [-0.15, -0.1) is 12.3 Å². The lowest BCUT2D eigenvalue weighted by Crippen LogP contribution is -1.80. The van der Waals surface area contributed by atoms with Crippen LogP contribution in [0.25, 0.3) is 0 Å². The van der Waals surface area contributed by atoms with Crippen LogP contribution >= 0.6 is 0 Å². The smallest absolute Gasteiger partial charge is 0.0161 e. The van der Waals surface area contributed by atoms with Gasteiger partial charge in [0.25, 0.3) is 0 Å². The van der Waals surface area contributed by atoms with Gasteiger partial charge >= 0.3 is 0 Å². The predicted octanol–water partition coefficient (Wildman–Crippen LogP) is 2.57. The van der Waals surface area contributed by atoms with E-state index in [2.05, 4.69) is 31.0 Å². The first-order chi connectivity index (χ1) is 5.33. The maximum Gasteiger partial charge on any atom is 0.0161 e. The zero-order valence-corrected chi connectivity index (χ0v) is 6.67. The van der Waals surface area contributed by atoms with Crippen LogP contribution in [0.15, 0.2) is 24.3 Å². The van der Waals surface area contributed by atoms with Gasteiger partial charge in [-0.1, -0.05) is 29.8 Å². The highest BCUT2D eigenvalue weighted by Crippen LogP contribution is 2.07. The summed E-state index contributed by atoms with van der Waals surface area (Å²) in [6, 6.07) is 8.30. The van der Waals surface area contributed by atoms with Crippen molar-refractivity contribution in [3.05, 3.63) is 41.8 Å². The lowest BCUT2D eigenvalue weighted by molar-refractivity contribution is 1.27. The molecule has 1 radical (unpaired) electrons. The highest BCUT2D eigenvalue weighted by molar-refractivity contribution is 5.28. The second-order valence-corrected chi connectivity index (χ2v) is 2.53. The molecule has 0 saturated heterocycles. The average molecular weight is 143 g/mol. The van der Waals surface area contributed by atoms with Crippen LogP contribution in [-0.2, 0) is 0 Å². The van der Waals surface area contributed by atoms with Crippen molar-refractivity contribution in [1.82, 2.24) is 0 Å². The molecule has 0 fully saturated rings. The van der Waals surface area contributed by atoms with Gasteiger partial charge in [0.2, 0.25) is 0 Å². The summed E-state index contributed by atoms with van der Waals surface area (Å²) in [5, 5.41) is 0. The second-order valence-electron chi connectivity index (χ2n) is 2.53. The van der Waals surface area contributed by atoms with Crippen LogP contribution in [0.1, 0.15) is 17.5 Å². The normalized spacial score (nSPS) is 9.09. The molecule has 0 atom stereocenters. The maximum absolute atomic E-state index is 5.13. The van der Waals surface area contributed by atoms with E-state index in [9.17, 15) is 0 Å². The van der Waals surface area contributed by atoms with Gasteiger partial charge in [0.05, 0.1) is 0 Å². The Morgan fingerprint density at radius 1 is 1.55 bits per heavy atom. The molecule has 1 aromatic carbocycles. The number of hydrogen-bond acceptors (Lipinski definition) is 0. The van der Waals surface area contributed by atoms with Crippen molar-refractivity contribution in [2.75, 3.05) is 0 Å². The van der Waals surface area contributed by atoms with Gasteiger partial charge in [-0.3, -0.25) is 0 Å². The van der Waals surface area contributed by atoms with Crippen molar-refractivity contribution in [2.24, 2.45) is 0 Å². The van der Waals surface area contributed by atoms with Crippen LogP contribution in [0, 0.1) is 25.7 Å². The second kappa shape index (κ2) is 3.83. The Morgan fingerprint density at radius 2 is 2.36 bits per heavy atom. The summed E-state index contributed by atoms with van der Waals surface area (Å²) in [5.74, 6) is 2.58. The Kier molecular flexibility index (Phi) is 2.74. The summed E-state index contributed by atoms with van der Waals surface area (Å²) >= 11 is 0. The summed E-state index contributed by atoms with van der Waals surface area (Å²) in [5.41, 5.74) is 2.48. The van der Waals surface area contributed by atoms with E-state index < -0.39 is 0 Å². The fourth-order valence-corrected chi connectivity index (χ4v) is 0.974. The Morgan fingerprint density at radius 3 is 3.00 bits per heavy atom. The molecule has 55 valence electrons. The molecule has 0 spiro atoms. The number of benzene rings is 1. The summed E-state index contributed by atoms with van der Waals surface area (Å²) in [6.07, 6.45) is 7.89. The summed E-state index contributed by atoms with van der Waals surface area (Å²) in [4.78, 5) is 0. The first kappa shape index (κ1) is 7.88. The lowest BCUT2D eigenvalue weighted by atomic mass is 10.1. The van der Waals surface area contributed by atoms with Crippen LogP contribution in [0.2, 0.25) is 0 Å². The fraction of sp³-hybridized carbons (Fsp3) is 0.182. The predicted molar refractivity (Wildman–Crippen MR) is 48.0 cm³/mol. The molecule has 0 aliphatic carbocycles. The Hall–Kier alpha value is -1.22. The van der Waals surface area contributed by atoms with E-state index in [-0.39, 0.29) is 0 Å². The van der Waals surface area contributed by atoms with E-state index in [4.69, 9.17) is 6.42 Å². The van der Waals surface area contributed by atoms with Crippen LogP contribution < -0.4 is 0 Å². The van der Waals surface area contributed by atoms with Gasteiger partial charge in [-0.25, -0.2) is 0 Å². The molecule has 0 amide bonds. The molecule has 1 rings (SSSR count). The van der Waals surface area contributed by atoms with Crippen molar-refractivity contribution in [1.29, 1.82) is 0 Å². The van der Waals surface area contributed by atoms with Crippen LogP contribution in [-0.4, -0.2) is 0 Å².